The van der Waals surface area contributed by atoms with Gasteiger partial charge in [-0.3, -0.25) is 0 Å². The third-order valence-corrected chi connectivity index (χ3v) is 8.97. The van der Waals surface area contributed by atoms with Crippen molar-refractivity contribution in [1.82, 2.24) is 0 Å². The van der Waals surface area contributed by atoms with Crippen LogP contribution in [0.5, 0.6) is 0 Å². The van der Waals surface area contributed by atoms with Gasteiger partial charge in [0.15, 0.2) is 0 Å². The van der Waals surface area contributed by atoms with E-state index in [0.29, 0.717) is 5.92 Å². The fourth-order valence-electron chi connectivity index (χ4n) is 5.97. The first kappa shape index (κ1) is 41.2. The van der Waals surface area contributed by atoms with Gasteiger partial charge in [0.25, 0.3) is 0 Å². The fraction of sp³-hybridized carbons (Fsp3) is 0.333. The molecule has 0 amide bonds. The van der Waals surface area contributed by atoms with Crippen molar-refractivity contribution >= 4 is 48.1 Å². The van der Waals surface area contributed by atoms with E-state index in [4.69, 9.17) is 17.0 Å². The Bertz CT molecular complexity index is 1860. The van der Waals surface area contributed by atoms with Gasteiger partial charge in [-0.25, -0.2) is 0 Å². The molecule has 0 fully saturated rings. The minimum atomic E-state index is -0.826. The molecule has 0 saturated carbocycles. The SMILES string of the molecule is CCC(C)c1cc2c(-c3ccc(C(C)(C)C)cc3)cccc2[cH-]1.C[Si]C.Cc1cc2c(-c3ccc(C(C)(C)C)cc3)cccc2[cH-]1.[Cl][Zr+2][Cl]. The standard InChI is InChI=1S/C23H27.C20H21.C2H6Si.2ClH.Zr/c1-6-16(2)19-14-18-8-7-9-21(22(18)15-19)17-10-12-20(13-11-17)23(3,4)5;1-14-12-16-6-5-7-18(19(16)13-14)15-8-10-17(11-9-15)20(2,3)4;1-3-2;;;/h7-16H,6H2,1-5H3;5-13H,1-4H3;1-2H3;2*1H;/q2*-1;;;;+4/p-2. The normalized spacial score (nSPS) is 11.8. The third kappa shape index (κ3) is 11.4. The third-order valence-electron chi connectivity index (χ3n) is 8.97. The molecule has 6 aromatic carbocycles. The van der Waals surface area contributed by atoms with Crippen LogP contribution in [0.3, 0.4) is 0 Å². The summed E-state index contributed by atoms with van der Waals surface area (Å²) in [4.78, 5) is 0. The van der Waals surface area contributed by atoms with Crippen LogP contribution in [-0.2, 0) is 31.7 Å². The molecular formula is C45H54Cl2SiZr. The Labute approximate surface area is 318 Å². The summed E-state index contributed by atoms with van der Waals surface area (Å²) in [6, 6.07) is 40.6. The van der Waals surface area contributed by atoms with Gasteiger partial charge < -0.3 is 0 Å². The van der Waals surface area contributed by atoms with Gasteiger partial charge in [-0.05, 0) is 39.0 Å². The molecule has 1 atom stereocenters. The van der Waals surface area contributed by atoms with Gasteiger partial charge in [0.2, 0.25) is 0 Å². The molecule has 0 aromatic heterocycles. The van der Waals surface area contributed by atoms with Crippen LogP contribution in [0.1, 0.15) is 90.0 Å². The summed E-state index contributed by atoms with van der Waals surface area (Å²) in [5.41, 5.74) is 11.3. The van der Waals surface area contributed by atoms with E-state index in [-0.39, 0.29) is 10.8 Å². The molecule has 4 heteroatoms. The Morgan fingerprint density at radius 2 is 1.04 bits per heavy atom. The van der Waals surface area contributed by atoms with Crippen LogP contribution in [0, 0.1) is 6.92 Å². The van der Waals surface area contributed by atoms with Crippen LogP contribution >= 0.6 is 17.0 Å². The van der Waals surface area contributed by atoms with E-state index >= 15 is 0 Å². The number of hydrogen-bond acceptors (Lipinski definition) is 0. The molecular weight excluding hydrogens is 731 g/mol. The van der Waals surface area contributed by atoms with Crippen LogP contribution in [0.2, 0.25) is 13.1 Å². The first-order valence-corrected chi connectivity index (χ1v) is 25.6. The van der Waals surface area contributed by atoms with Crippen molar-refractivity contribution < 1.29 is 20.8 Å². The van der Waals surface area contributed by atoms with E-state index in [9.17, 15) is 0 Å². The zero-order valence-electron chi connectivity index (χ0n) is 31.4. The Hall–Kier alpha value is -2.22. The van der Waals surface area contributed by atoms with E-state index < -0.39 is 20.8 Å². The molecule has 0 spiro atoms. The Morgan fingerprint density at radius 1 is 0.653 bits per heavy atom. The van der Waals surface area contributed by atoms with Crippen LogP contribution in [0.15, 0.2) is 109 Å². The predicted molar refractivity (Wildman–Crippen MR) is 220 cm³/mol. The minimum absolute atomic E-state index is 0.203. The van der Waals surface area contributed by atoms with Gasteiger partial charge in [0.05, 0.1) is 0 Å². The molecule has 0 N–H and O–H groups in total. The summed E-state index contributed by atoms with van der Waals surface area (Å²) in [5.74, 6) is 0.624. The number of benzene rings is 4. The van der Waals surface area contributed by atoms with E-state index in [1.54, 1.807) is 0 Å². The summed E-state index contributed by atoms with van der Waals surface area (Å²) < 4.78 is 0. The molecule has 0 bridgehead atoms. The molecule has 1 unspecified atom stereocenters. The van der Waals surface area contributed by atoms with E-state index in [1.165, 1.54) is 72.5 Å². The van der Waals surface area contributed by atoms with Gasteiger partial charge in [-0.2, -0.15) is 12.1 Å². The summed E-state index contributed by atoms with van der Waals surface area (Å²) in [7, 11) is 11.0. The van der Waals surface area contributed by atoms with Crippen LogP contribution in [-0.4, -0.2) is 9.52 Å². The predicted octanol–water partition coefficient (Wildman–Crippen LogP) is 15.0. The second kappa shape index (κ2) is 18.9. The molecule has 0 saturated heterocycles. The van der Waals surface area contributed by atoms with Crippen molar-refractivity contribution in [2.24, 2.45) is 0 Å². The van der Waals surface area contributed by atoms with Crippen molar-refractivity contribution in [3.8, 4) is 22.3 Å². The van der Waals surface area contributed by atoms with Gasteiger partial charge in [-0.15, -0.1) is 69.1 Å². The van der Waals surface area contributed by atoms with Crippen LogP contribution in [0.25, 0.3) is 43.8 Å². The zero-order valence-corrected chi connectivity index (χ0v) is 36.4. The van der Waals surface area contributed by atoms with E-state index in [1.807, 2.05) is 0 Å². The van der Waals surface area contributed by atoms with Crippen molar-refractivity contribution in [1.29, 1.82) is 0 Å². The Balaban J connectivity index is 0.000000230. The second-order valence-corrected chi connectivity index (χ2v) is 19.7. The molecule has 6 rings (SSSR count). The van der Waals surface area contributed by atoms with Gasteiger partial charge in [0.1, 0.15) is 0 Å². The zero-order chi connectivity index (χ0) is 36.4. The Morgan fingerprint density at radius 3 is 1.43 bits per heavy atom. The average Bonchev–Trinajstić information content (AvgIpc) is 3.68. The van der Waals surface area contributed by atoms with Crippen LogP contribution < -0.4 is 0 Å². The van der Waals surface area contributed by atoms with Crippen molar-refractivity contribution in [3.05, 3.63) is 131 Å². The molecule has 0 aliphatic heterocycles. The van der Waals surface area contributed by atoms with Crippen molar-refractivity contribution in [2.45, 2.75) is 98.6 Å². The molecule has 6 aromatic rings. The molecule has 256 valence electrons. The quantitative estimate of drug-likeness (QED) is 0.123. The van der Waals surface area contributed by atoms with Gasteiger partial charge >= 0.3 is 37.9 Å². The second-order valence-electron chi connectivity index (χ2n) is 15.0. The van der Waals surface area contributed by atoms with E-state index in [2.05, 4.69) is 185 Å². The summed E-state index contributed by atoms with van der Waals surface area (Å²) in [6.07, 6.45) is 1.19. The van der Waals surface area contributed by atoms with Gasteiger partial charge in [0, 0.05) is 9.52 Å². The van der Waals surface area contributed by atoms with Crippen LogP contribution in [0.4, 0.5) is 0 Å². The van der Waals surface area contributed by atoms with Crippen molar-refractivity contribution in [2.75, 3.05) is 0 Å². The number of fused-ring (bicyclic) bond motifs is 2. The molecule has 0 aliphatic carbocycles. The first-order chi connectivity index (χ1) is 23.2. The topological polar surface area (TPSA) is 0 Å². The number of rotatable bonds is 4. The Kier molecular flexibility index (Phi) is 15.9. The van der Waals surface area contributed by atoms with Crippen molar-refractivity contribution in [3.63, 3.8) is 0 Å². The average molecular weight is 785 g/mol. The summed E-state index contributed by atoms with van der Waals surface area (Å²) >= 11 is -0.826. The number of hydrogen-bond donors (Lipinski definition) is 0. The summed E-state index contributed by atoms with van der Waals surface area (Å²) in [6.45, 7) is 24.6. The molecule has 0 nitrogen and oxygen atoms in total. The number of halogens is 2. The molecule has 2 radical (unpaired) electrons. The monoisotopic (exact) mass is 782 g/mol. The molecule has 0 heterocycles. The number of aryl methyl sites for hydroxylation is 1. The van der Waals surface area contributed by atoms with Gasteiger partial charge in [-0.1, -0.05) is 154 Å². The molecule has 0 aliphatic rings. The summed E-state index contributed by atoms with van der Waals surface area (Å²) in [5, 5.41) is 5.43. The van der Waals surface area contributed by atoms with E-state index in [0.717, 1.165) is 9.52 Å². The first-order valence-electron chi connectivity index (χ1n) is 17.3. The fourth-order valence-corrected chi connectivity index (χ4v) is 5.97. The molecule has 49 heavy (non-hydrogen) atoms. The maximum atomic E-state index is 4.93. The maximum absolute atomic E-state index is 4.93.